The van der Waals surface area contributed by atoms with Gasteiger partial charge in [0.25, 0.3) is 0 Å². The zero-order chi connectivity index (χ0) is 22.8. The van der Waals surface area contributed by atoms with Gasteiger partial charge in [0.05, 0.1) is 11.8 Å². The average Bonchev–Trinajstić information content (AvgIpc) is 3.08. The van der Waals surface area contributed by atoms with E-state index in [2.05, 4.69) is 45.9 Å². The Kier molecular flexibility index (Phi) is 7.32. The van der Waals surface area contributed by atoms with Crippen LogP contribution in [0, 0.1) is 0 Å². The topological polar surface area (TPSA) is 84.8 Å². The quantitative estimate of drug-likeness (QED) is 0.587. The van der Waals surface area contributed by atoms with Crippen molar-refractivity contribution in [1.82, 2.24) is 20.2 Å². The Morgan fingerprint density at radius 1 is 1.12 bits per heavy atom. The van der Waals surface area contributed by atoms with Gasteiger partial charge in [-0.1, -0.05) is 44.5 Å². The highest BCUT2D eigenvalue weighted by Gasteiger charge is 2.35. The number of aliphatic hydroxyl groups excluding tert-OH is 2. The van der Waals surface area contributed by atoms with Gasteiger partial charge in [-0.2, -0.15) is 0 Å². The van der Waals surface area contributed by atoms with E-state index in [-0.39, 0.29) is 11.8 Å². The Labute approximate surface area is 195 Å². The summed E-state index contributed by atoms with van der Waals surface area (Å²) in [7, 11) is 0. The largest absolute Gasteiger partial charge is 0.387 e. The van der Waals surface area contributed by atoms with Crippen molar-refractivity contribution < 1.29 is 10.2 Å². The van der Waals surface area contributed by atoms with Gasteiger partial charge in [-0.05, 0) is 30.0 Å². The summed E-state index contributed by atoms with van der Waals surface area (Å²) in [5.41, 5.74) is 2.93. The maximum atomic E-state index is 11.3. The maximum absolute atomic E-state index is 11.3. The highest BCUT2D eigenvalue weighted by Crippen LogP contribution is 2.42. The molecule has 1 aromatic heterocycles. The molecule has 2 aliphatic rings. The van der Waals surface area contributed by atoms with E-state index in [0.29, 0.717) is 24.0 Å². The summed E-state index contributed by atoms with van der Waals surface area (Å²) in [6, 6.07) is 8.12. The molecule has 1 fully saturated rings. The van der Waals surface area contributed by atoms with Crippen LogP contribution in [0.4, 0.5) is 5.82 Å². The summed E-state index contributed by atoms with van der Waals surface area (Å²) in [6.45, 7) is 10.1. The van der Waals surface area contributed by atoms with Gasteiger partial charge >= 0.3 is 0 Å². The Morgan fingerprint density at radius 2 is 1.81 bits per heavy atom. The summed E-state index contributed by atoms with van der Waals surface area (Å²) in [5, 5.41) is 25.8. The number of piperazine rings is 1. The van der Waals surface area contributed by atoms with Crippen LogP contribution in [0.25, 0.3) is 0 Å². The smallest absolute Gasteiger partial charge is 0.135 e. The van der Waals surface area contributed by atoms with E-state index in [9.17, 15) is 10.2 Å². The SMILES string of the molecule is CC(C)NCC(c1ccc(Cl)cc1)C(O)N1CCN(c2ncnc3c2C(C)CC3O)CC1. The van der Waals surface area contributed by atoms with Crippen LogP contribution in [-0.4, -0.2) is 70.1 Å². The van der Waals surface area contributed by atoms with Gasteiger partial charge < -0.3 is 20.4 Å². The molecule has 4 atom stereocenters. The number of nitrogens with zero attached hydrogens (tertiary/aromatic N) is 4. The van der Waals surface area contributed by atoms with Crippen LogP contribution < -0.4 is 10.2 Å². The highest BCUT2D eigenvalue weighted by molar-refractivity contribution is 6.30. The van der Waals surface area contributed by atoms with Gasteiger partial charge in [0, 0.05) is 55.3 Å². The summed E-state index contributed by atoms with van der Waals surface area (Å²) in [4.78, 5) is 13.3. The van der Waals surface area contributed by atoms with E-state index in [4.69, 9.17) is 11.6 Å². The zero-order valence-electron chi connectivity index (χ0n) is 19.1. The van der Waals surface area contributed by atoms with Crippen molar-refractivity contribution in [3.05, 3.63) is 52.4 Å². The lowest BCUT2D eigenvalue weighted by atomic mass is 9.95. The fraction of sp³-hybridized carbons (Fsp3) is 0.583. The first kappa shape index (κ1) is 23.4. The molecule has 4 rings (SSSR count). The molecule has 2 heterocycles. The first-order valence-electron chi connectivity index (χ1n) is 11.5. The van der Waals surface area contributed by atoms with Gasteiger partial charge in [-0.25, -0.2) is 9.97 Å². The van der Waals surface area contributed by atoms with Crippen molar-refractivity contribution in [2.24, 2.45) is 0 Å². The Balaban J connectivity index is 1.46. The van der Waals surface area contributed by atoms with E-state index in [1.165, 1.54) is 0 Å². The van der Waals surface area contributed by atoms with Crippen molar-refractivity contribution in [1.29, 1.82) is 0 Å². The van der Waals surface area contributed by atoms with Gasteiger partial charge in [0.2, 0.25) is 0 Å². The molecule has 0 spiro atoms. The first-order valence-corrected chi connectivity index (χ1v) is 11.9. The predicted octanol–water partition coefficient (Wildman–Crippen LogP) is 2.89. The minimum atomic E-state index is -0.596. The Bertz CT molecular complexity index is 902. The second-order valence-electron chi connectivity index (χ2n) is 9.31. The third-order valence-corrected chi connectivity index (χ3v) is 6.92. The van der Waals surface area contributed by atoms with Gasteiger partial charge in [-0.15, -0.1) is 0 Å². The maximum Gasteiger partial charge on any atom is 0.135 e. The highest BCUT2D eigenvalue weighted by atomic mass is 35.5. The number of nitrogens with one attached hydrogen (secondary N) is 1. The molecule has 0 radical (unpaired) electrons. The molecule has 174 valence electrons. The average molecular weight is 460 g/mol. The number of anilines is 1. The minimum absolute atomic E-state index is 0.0558. The van der Waals surface area contributed by atoms with E-state index < -0.39 is 12.3 Å². The first-order chi connectivity index (χ1) is 15.3. The molecule has 1 saturated heterocycles. The number of rotatable bonds is 7. The third kappa shape index (κ3) is 4.92. The molecule has 1 aromatic carbocycles. The second-order valence-corrected chi connectivity index (χ2v) is 9.74. The van der Waals surface area contributed by atoms with Crippen LogP contribution in [0.3, 0.4) is 0 Å². The summed E-state index contributed by atoms with van der Waals surface area (Å²) in [5.74, 6) is 1.12. The number of hydrogen-bond acceptors (Lipinski definition) is 7. The van der Waals surface area contributed by atoms with Crippen molar-refractivity contribution in [3.63, 3.8) is 0 Å². The molecule has 3 N–H and O–H groups in total. The van der Waals surface area contributed by atoms with Crippen LogP contribution in [-0.2, 0) is 0 Å². The molecule has 0 saturated carbocycles. The van der Waals surface area contributed by atoms with Gasteiger partial charge in [-0.3, -0.25) is 4.90 Å². The second kappa shape index (κ2) is 10.0. The molecule has 8 heteroatoms. The van der Waals surface area contributed by atoms with Crippen molar-refractivity contribution in [2.45, 2.75) is 57.4 Å². The van der Waals surface area contributed by atoms with Crippen LogP contribution in [0.1, 0.15) is 62.0 Å². The fourth-order valence-electron chi connectivity index (χ4n) is 4.87. The molecular formula is C24H34ClN5O2. The molecule has 0 amide bonds. The minimum Gasteiger partial charge on any atom is -0.387 e. The Hall–Kier alpha value is -1.77. The summed E-state index contributed by atoms with van der Waals surface area (Å²) < 4.78 is 0. The van der Waals surface area contributed by atoms with Crippen molar-refractivity contribution in [3.8, 4) is 0 Å². The molecule has 1 aliphatic heterocycles. The molecule has 4 unspecified atom stereocenters. The lowest BCUT2D eigenvalue weighted by Gasteiger charge is -2.41. The van der Waals surface area contributed by atoms with Crippen LogP contribution in [0.5, 0.6) is 0 Å². The monoisotopic (exact) mass is 459 g/mol. The normalized spacial score (nSPS) is 23.4. The number of benzene rings is 1. The Morgan fingerprint density at radius 3 is 2.47 bits per heavy atom. The number of halogens is 1. The van der Waals surface area contributed by atoms with Gasteiger partial charge in [0.1, 0.15) is 18.4 Å². The van der Waals surface area contributed by atoms with Crippen molar-refractivity contribution in [2.75, 3.05) is 37.6 Å². The lowest BCUT2D eigenvalue weighted by molar-refractivity contribution is -0.0201. The predicted molar refractivity (Wildman–Crippen MR) is 127 cm³/mol. The molecule has 0 bridgehead atoms. The van der Waals surface area contributed by atoms with Crippen LogP contribution >= 0.6 is 11.6 Å². The molecular weight excluding hydrogens is 426 g/mol. The van der Waals surface area contributed by atoms with Crippen LogP contribution in [0.2, 0.25) is 5.02 Å². The van der Waals surface area contributed by atoms with E-state index >= 15 is 0 Å². The fourth-order valence-corrected chi connectivity index (χ4v) is 5.00. The van der Waals surface area contributed by atoms with Crippen LogP contribution in [0.15, 0.2) is 30.6 Å². The molecule has 32 heavy (non-hydrogen) atoms. The third-order valence-electron chi connectivity index (χ3n) is 6.67. The standard InChI is InChI=1S/C24H34ClN5O2/c1-15(2)26-13-19(17-4-6-18(25)7-5-17)24(32)30-10-8-29(9-11-30)23-21-16(3)12-20(31)22(21)27-14-28-23/h4-7,14-16,19-20,24,26,31-32H,8-13H2,1-3H3. The molecule has 1 aliphatic carbocycles. The number of aliphatic hydroxyl groups is 2. The number of fused-ring (bicyclic) bond motifs is 1. The summed E-state index contributed by atoms with van der Waals surface area (Å²) >= 11 is 6.09. The van der Waals surface area contributed by atoms with E-state index in [0.717, 1.165) is 48.8 Å². The van der Waals surface area contributed by atoms with Crippen molar-refractivity contribution >= 4 is 17.4 Å². The summed E-state index contributed by atoms with van der Waals surface area (Å²) in [6.07, 6.45) is 1.16. The molecule has 2 aromatic rings. The van der Waals surface area contributed by atoms with E-state index in [1.807, 2.05) is 24.3 Å². The van der Waals surface area contributed by atoms with Gasteiger partial charge in [0.15, 0.2) is 0 Å². The number of hydrogen-bond donors (Lipinski definition) is 3. The molecule has 7 nitrogen and oxygen atoms in total. The zero-order valence-corrected chi connectivity index (χ0v) is 19.8. The lowest BCUT2D eigenvalue weighted by Crippen LogP contribution is -2.53. The van der Waals surface area contributed by atoms with E-state index in [1.54, 1.807) is 6.33 Å². The number of aromatic nitrogens is 2.